The summed E-state index contributed by atoms with van der Waals surface area (Å²) >= 11 is 0. The van der Waals surface area contributed by atoms with Gasteiger partial charge in [0.05, 0.1) is 11.0 Å². The second kappa shape index (κ2) is 7.09. The van der Waals surface area contributed by atoms with E-state index < -0.39 is 0 Å². The lowest BCUT2D eigenvalue weighted by Crippen LogP contribution is -2.23. The summed E-state index contributed by atoms with van der Waals surface area (Å²) in [4.78, 5) is 16.0. The number of benzene rings is 2. The largest absolute Gasteiger partial charge is 0.356 e. The third kappa shape index (κ3) is 3.73. The quantitative estimate of drug-likeness (QED) is 0.773. The summed E-state index contributed by atoms with van der Waals surface area (Å²) in [6, 6.07) is 12.7. The summed E-state index contributed by atoms with van der Waals surface area (Å²) in [5.41, 5.74) is 7.39. The average Bonchev–Trinajstić information content (AvgIpc) is 2.88. The molecule has 4 nitrogen and oxygen atoms in total. The Morgan fingerprint density at radius 1 is 1.12 bits per heavy atom. The van der Waals surface area contributed by atoms with Crippen LogP contribution < -0.4 is 5.32 Å². The molecule has 4 heteroatoms. The van der Waals surface area contributed by atoms with E-state index in [1.54, 1.807) is 6.92 Å². The van der Waals surface area contributed by atoms with Crippen LogP contribution in [0.5, 0.6) is 0 Å². The Kier molecular flexibility index (Phi) is 4.88. The van der Waals surface area contributed by atoms with Crippen LogP contribution in [0.1, 0.15) is 35.0 Å². The van der Waals surface area contributed by atoms with Crippen molar-refractivity contribution < 1.29 is 4.79 Å². The number of hydrogen-bond acceptors (Lipinski definition) is 2. The average molecular weight is 335 g/mol. The Bertz CT molecular complexity index is 901. The lowest BCUT2D eigenvalue weighted by molar-refractivity contribution is -0.118. The lowest BCUT2D eigenvalue weighted by atomic mass is 9.99. The molecular formula is C21H25N3O. The van der Waals surface area contributed by atoms with Gasteiger partial charge in [-0.05, 0) is 49.6 Å². The van der Waals surface area contributed by atoms with Crippen molar-refractivity contribution in [3.05, 3.63) is 64.5 Å². The van der Waals surface area contributed by atoms with Crippen LogP contribution in [0, 0.1) is 20.8 Å². The molecule has 1 heterocycles. The summed E-state index contributed by atoms with van der Waals surface area (Å²) in [6.07, 6.45) is 0.720. The minimum Gasteiger partial charge on any atom is -0.356 e. The number of amides is 1. The molecule has 25 heavy (non-hydrogen) atoms. The number of hydrogen-bond donors (Lipinski definition) is 1. The number of nitrogens with one attached hydrogen (secondary N) is 1. The maximum atomic E-state index is 11.2. The van der Waals surface area contributed by atoms with Crippen LogP contribution in [0.15, 0.2) is 36.4 Å². The molecule has 0 aliphatic carbocycles. The second-order valence-electron chi connectivity index (χ2n) is 6.71. The van der Waals surface area contributed by atoms with Crippen molar-refractivity contribution in [3.63, 3.8) is 0 Å². The fourth-order valence-electron chi connectivity index (χ4n) is 3.46. The van der Waals surface area contributed by atoms with E-state index >= 15 is 0 Å². The van der Waals surface area contributed by atoms with E-state index in [2.05, 4.69) is 48.9 Å². The van der Waals surface area contributed by atoms with Gasteiger partial charge < -0.3 is 9.88 Å². The van der Waals surface area contributed by atoms with Gasteiger partial charge >= 0.3 is 0 Å². The Balaban J connectivity index is 2.00. The van der Waals surface area contributed by atoms with Gasteiger partial charge in [-0.2, -0.15) is 0 Å². The number of carbonyl (C=O) groups is 1. The van der Waals surface area contributed by atoms with Gasteiger partial charge in [-0.15, -0.1) is 0 Å². The summed E-state index contributed by atoms with van der Waals surface area (Å²) in [6.45, 7) is 9.42. The molecule has 130 valence electrons. The van der Waals surface area contributed by atoms with Crippen LogP contribution in [-0.2, 0) is 17.8 Å². The van der Waals surface area contributed by atoms with E-state index in [9.17, 15) is 4.79 Å². The SMILES string of the molecule is CC(=O)NCCc1nc2ccccc2n1Cc1c(C)cc(C)cc1C. The number of carbonyl (C=O) groups excluding carboxylic acids is 1. The second-order valence-corrected chi connectivity index (χ2v) is 6.71. The van der Waals surface area contributed by atoms with E-state index in [4.69, 9.17) is 4.98 Å². The van der Waals surface area contributed by atoms with Crippen molar-refractivity contribution in [3.8, 4) is 0 Å². The van der Waals surface area contributed by atoms with Crippen molar-refractivity contribution >= 4 is 16.9 Å². The van der Waals surface area contributed by atoms with Gasteiger partial charge in [0, 0.05) is 26.4 Å². The van der Waals surface area contributed by atoms with Gasteiger partial charge in [0.2, 0.25) is 5.91 Å². The van der Waals surface area contributed by atoms with Gasteiger partial charge in [0.1, 0.15) is 5.82 Å². The number of nitrogens with zero attached hydrogens (tertiary/aromatic N) is 2. The highest BCUT2D eigenvalue weighted by Crippen LogP contribution is 2.22. The summed E-state index contributed by atoms with van der Waals surface area (Å²) in [7, 11) is 0. The number of aryl methyl sites for hydroxylation is 3. The smallest absolute Gasteiger partial charge is 0.216 e. The van der Waals surface area contributed by atoms with E-state index in [-0.39, 0.29) is 5.91 Å². The van der Waals surface area contributed by atoms with E-state index in [1.807, 2.05) is 18.2 Å². The number of rotatable bonds is 5. The summed E-state index contributed by atoms with van der Waals surface area (Å²) in [5, 5.41) is 2.87. The number of imidazole rings is 1. The lowest BCUT2D eigenvalue weighted by Gasteiger charge is -2.15. The minimum absolute atomic E-state index is 0.00659. The first-order valence-corrected chi connectivity index (χ1v) is 8.71. The molecule has 0 fully saturated rings. The normalized spacial score (nSPS) is 11.0. The van der Waals surface area contributed by atoms with Crippen LogP contribution in [0.2, 0.25) is 0 Å². The van der Waals surface area contributed by atoms with Crippen molar-refractivity contribution in [2.75, 3.05) is 6.54 Å². The molecule has 0 aliphatic heterocycles. The molecule has 0 saturated carbocycles. The third-order valence-electron chi connectivity index (χ3n) is 4.61. The van der Waals surface area contributed by atoms with Crippen LogP contribution in [0.4, 0.5) is 0 Å². The number of para-hydroxylation sites is 2. The molecule has 1 amide bonds. The first-order valence-electron chi connectivity index (χ1n) is 8.71. The topological polar surface area (TPSA) is 46.9 Å². The van der Waals surface area contributed by atoms with Crippen LogP contribution in [0.25, 0.3) is 11.0 Å². The van der Waals surface area contributed by atoms with E-state index in [1.165, 1.54) is 22.3 Å². The zero-order valence-corrected chi connectivity index (χ0v) is 15.4. The first kappa shape index (κ1) is 17.2. The number of fused-ring (bicyclic) bond motifs is 1. The molecule has 3 aromatic rings. The van der Waals surface area contributed by atoms with Crippen LogP contribution in [0.3, 0.4) is 0 Å². The monoisotopic (exact) mass is 335 g/mol. The minimum atomic E-state index is -0.00659. The first-order chi connectivity index (χ1) is 12.0. The Morgan fingerprint density at radius 3 is 2.48 bits per heavy atom. The molecule has 0 spiro atoms. The zero-order valence-electron chi connectivity index (χ0n) is 15.4. The standard InChI is InChI=1S/C21H25N3O/c1-14-11-15(2)18(16(3)12-14)13-24-20-8-6-5-7-19(20)23-21(24)9-10-22-17(4)25/h5-8,11-12H,9-10,13H2,1-4H3,(H,22,25). The zero-order chi connectivity index (χ0) is 18.0. The molecule has 0 atom stereocenters. The van der Waals surface area contributed by atoms with E-state index in [0.717, 1.165) is 29.8 Å². The van der Waals surface area contributed by atoms with Crippen molar-refractivity contribution in [2.45, 2.75) is 40.7 Å². The molecular weight excluding hydrogens is 310 g/mol. The molecule has 0 radical (unpaired) electrons. The highest BCUT2D eigenvalue weighted by atomic mass is 16.1. The van der Waals surface area contributed by atoms with Gasteiger partial charge in [-0.25, -0.2) is 4.98 Å². The summed E-state index contributed by atoms with van der Waals surface area (Å²) < 4.78 is 2.28. The Morgan fingerprint density at radius 2 is 1.80 bits per heavy atom. The fraction of sp³-hybridized carbons (Fsp3) is 0.333. The third-order valence-corrected chi connectivity index (χ3v) is 4.61. The van der Waals surface area contributed by atoms with Crippen molar-refractivity contribution in [1.82, 2.24) is 14.9 Å². The molecule has 0 aliphatic rings. The maximum Gasteiger partial charge on any atom is 0.216 e. The van der Waals surface area contributed by atoms with Gasteiger partial charge in [-0.3, -0.25) is 4.79 Å². The molecule has 0 saturated heterocycles. The maximum absolute atomic E-state index is 11.2. The molecule has 0 bridgehead atoms. The summed E-state index contributed by atoms with van der Waals surface area (Å²) in [5.74, 6) is 1.00. The highest BCUT2D eigenvalue weighted by molar-refractivity contribution is 5.76. The Labute approximate surface area is 148 Å². The predicted octanol–water partition coefficient (Wildman–Crippen LogP) is 3.69. The molecule has 0 unspecified atom stereocenters. The Hall–Kier alpha value is -2.62. The molecule has 1 aromatic heterocycles. The molecule has 3 rings (SSSR count). The van der Waals surface area contributed by atoms with Crippen LogP contribution >= 0.6 is 0 Å². The van der Waals surface area contributed by atoms with Crippen molar-refractivity contribution in [2.24, 2.45) is 0 Å². The van der Waals surface area contributed by atoms with Crippen molar-refractivity contribution in [1.29, 1.82) is 0 Å². The number of aromatic nitrogens is 2. The van der Waals surface area contributed by atoms with Crippen LogP contribution in [-0.4, -0.2) is 22.0 Å². The van der Waals surface area contributed by atoms with Gasteiger partial charge in [-0.1, -0.05) is 29.8 Å². The van der Waals surface area contributed by atoms with Gasteiger partial charge in [0.25, 0.3) is 0 Å². The highest BCUT2D eigenvalue weighted by Gasteiger charge is 2.13. The molecule has 1 N–H and O–H groups in total. The van der Waals surface area contributed by atoms with E-state index in [0.29, 0.717) is 6.54 Å². The molecule has 2 aromatic carbocycles. The predicted molar refractivity (Wildman–Crippen MR) is 102 cm³/mol. The van der Waals surface area contributed by atoms with Gasteiger partial charge in [0.15, 0.2) is 0 Å². The fourth-order valence-corrected chi connectivity index (χ4v) is 3.46.